The van der Waals surface area contributed by atoms with Crippen molar-refractivity contribution in [1.29, 1.82) is 0 Å². The first-order valence-corrected chi connectivity index (χ1v) is 13.8. The van der Waals surface area contributed by atoms with Crippen LogP contribution in [-0.2, 0) is 14.3 Å². The highest BCUT2D eigenvalue weighted by atomic mass is 16.5. The third kappa shape index (κ3) is 2.88. The Morgan fingerprint density at radius 2 is 1.65 bits per heavy atom. The summed E-state index contributed by atoms with van der Waals surface area (Å²) in [5, 5.41) is 0. The van der Waals surface area contributed by atoms with Crippen LogP contribution >= 0.6 is 0 Å². The van der Waals surface area contributed by atoms with Gasteiger partial charge in [-0.15, -0.1) is 0 Å². The molecule has 5 rings (SSSR count). The fourth-order valence-electron chi connectivity index (χ4n) is 9.85. The molecular formula is C31H46O3. The van der Waals surface area contributed by atoms with E-state index in [2.05, 4.69) is 54.5 Å². The summed E-state index contributed by atoms with van der Waals surface area (Å²) in [5.74, 6) is 1.23. The van der Waals surface area contributed by atoms with E-state index in [0.29, 0.717) is 11.7 Å². The van der Waals surface area contributed by atoms with Crippen LogP contribution < -0.4 is 0 Å². The van der Waals surface area contributed by atoms with Crippen molar-refractivity contribution in [3.8, 4) is 0 Å². The molecule has 188 valence electrons. The van der Waals surface area contributed by atoms with Gasteiger partial charge in [-0.1, -0.05) is 58.3 Å². The summed E-state index contributed by atoms with van der Waals surface area (Å²) >= 11 is 0. The predicted octanol–water partition coefficient (Wildman–Crippen LogP) is 7.45. The summed E-state index contributed by atoms with van der Waals surface area (Å²) < 4.78 is 5.25. The number of esters is 1. The van der Waals surface area contributed by atoms with Crippen molar-refractivity contribution in [2.45, 2.75) is 106 Å². The minimum atomic E-state index is -0.453. The van der Waals surface area contributed by atoms with Gasteiger partial charge in [-0.3, -0.25) is 9.59 Å². The Kier molecular flexibility index (Phi) is 5.24. The molecule has 7 unspecified atom stereocenters. The Bertz CT molecular complexity index is 1000. The molecule has 0 aromatic rings. The summed E-state index contributed by atoms with van der Waals surface area (Å²) in [7, 11) is 1.52. The molecule has 3 saturated carbocycles. The molecule has 0 spiro atoms. The third-order valence-corrected chi connectivity index (χ3v) is 12.3. The van der Waals surface area contributed by atoms with E-state index in [1.165, 1.54) is 19.1 Å². The normalized spacial score (nSPS) is 48.0. The van der Waals surface area contributed by atoms with Crippen LogP contribution in [0.1, 0.15) is 106 Å². The number of hydrogen-bond donors (Lipinski definition) is 0. The zero-order chi connectivity index (χ0) is 24.9. The standard InChI is InChI=1S/C31H46O3/c1-19(2)20-9-11-29(5)21(20)10-12-31(7)25(29)24(32)17-22-23-18-28(4,26(33)34-8)14-13-27(23,3)15-16-30(22,31)6/h17,19,23,25H,9-16,18H2,1-8H3. The van der Waals surface area contributed by atoms with Crippen LogP contribution in [0.15, 0.2) is 22.8 Å². The lowest BCUT2D eigenvalue weighted by Crippen LogP contribution is -2.62. The molecule has 5 aliphatic carbocycles. The number of methoxy groups -OCH3 is 1. The van der Waals surface area contributed by atoms with Crippen molar-refractivity contribution in [1.82, 2.24) is 0 Å². The zero-order valence-electron chi connectivity index (χ0n) is 22.9. The van der Waals surface area contributed by atoms with E-state index in [1.807, 2.05) is 0 Å². The molecule has 3 heteroatoms. The van der Waals surface area contributed by atoms with Crippen LogP contribution in [0.2, 0.25) is 0 Å². The van der Waals surface area contributed by atoms with E-state index in [0.717, 1.165) is 51.4 Å². The number of rotatable bonds is 2. The molecule has 0 heterocycles. The number of fused-ring (bicyclic) bond motifs is 7. The average molecular weight is 467 g/mol. The maximum absolute atomic E-state index is 14.2. The summed E-state index contributed by atoms with van der Waals surface area (Å²) in [6.07, 6.45) is 11.7. The largest absolute Gasteiger partial charge is 0.469 e. The quantitative estimate of drug-likeness (QED) is 0.313. The van der Waals surface area contributed by atoms with Gasteiger partial charge in [0.15, 0.2) is 5.78 Å². The lowest BCUT2D eigenvalue weighted by molar-refractivity contribution is -0.161. The van der Waals surface area contributed by atoms with Gasteiger partial charge in [0, 0.05) is 5.92 Å². The third-order valence-electron chi connectivity index (χ3n) is 12.3. The van der Waals surface area contributed by atoms with Gasteiger partial charge in [-0.2, -0.15) is 0 Å². The Morgan fingerprint density at radius 3 is 2.29 bits per heavy atom. The second-order valence-electron chi connectivity index (χ2n) is 14.2. The first-order valence-electron chi connectivity index (χ1n) is 13.8. The number of hydrogen-bond acceptors (Lipinski definition) is 3. The molecular weight excluding hydrogens is 420 g/mol. The molecule has 5 aliphatic rings. The van der Waals surface area contributed by atoms with Crippen LogP contribution in [-0.4, -0.2) is 18.9 Å². The van der Waals surface area contributed by atoms with Gasteiger partial charge in [0.25, 0.3) is 0 Å². The van der Waals surface area contributed by atoms with Crippen LogP contribution in [0.5, 0.6) is 0 Å². The minimum Gasteiger partial charge on any atom is -0.469 e. The molecule has 0 aliphatic heterocycles. The van der Waals surface area contributed by atoms with Gasteiger partial charge in [-0.25, -0.2) is 0 Å². The highest BCUT2D eigenvalue weighted by Gasteiger charge is 2.68. The van der Waals surface area contributed by atoms with Crippen molar-refractivity contribution >= 4 is 11.8 Å². The van der Waals surface area contributed by atoms with Crippen LogP contribution in [0, 0.1) is 44.8 Å². The van der Waals surface area contributed by atoms with E-state index < -0.39 is 5.41 Å². The average Bonchev–Trinajstić information content (AvgIpc) is 3.12. The van der Waals surface area contributed by atoms with E-state index in [1.54, 1.807) is 11.1 Å². The van der Waals surface area contributed by atoms with Gasteiger partial charge in [0.2, 0.25) is 0 Å². The molecule has 3 nitrogen and oxygen atoms in total. The number of carbonyl (C=O) groups is 2. The van der Waals surface area contributed by atoms with Crippen LogP contribution in [0.3, 0.4) is 0 Å². The number of carbonyl (C=O) groups excluding carboxylic acids is 2. The van der Waals surface area contributed by atoms with E-state index in [-0.39, 0.29) is 39.5 Å². The summed E-state index contributed by atoms with van der Waals surface area (Å²) in [5.41, 5.74) is 4.33. The van der Waals surface area contributed by atoms with Crippen LogP contribution in [0.25, 0.3) is 0 Å². The van der Waals surface area contributed by atoms with Crippen molar-refractivity contribution in [3.05, 3.63) is 22.8 Å². The Hall–Kier alpha value is -1.38. The van der Waals surface area contributed by atoms with Crippen molar-refractivity contribution in [2.24, 2.45) is 44.8 Å². The molecule has 3 fully saturated rings. The van der Waals surface area contributed by atoms with Crippen LogP contribution in [0.4, 0.5) is 0 Å². The number of ether oxygens (including phenoxy) is 1. The fraction of sp³-hybridized carbons (Fsp3) is 0.806. The predicted molar refractivity (Wildman–Crippen MR) is 136 cm³/mol. The second kappa shape index (κ2) is 7.32. The van der Waals surface area contributed by atoms with Crippen molar-refractivity contribution in [2.75, 3.05) is 7.11 Å². The van der Waals surface area contributed by atoms with Gasteiger partial charge in [0.1, 0.15) is 0 Å². The summed E-state index contributed by atoms with van der Waals surface area (Å²) in [6, 6.07) is 0. The van der Waals surface area contributed by atoms with E-state index in [4.69, 9.17) is 4.74 Å². The monoisotopic (exact) mass is 466 g/mol. The summed E-state index contributed by atoms with van der Waals surface area (Å²) in [4.78, 5) is 27.0. The molecule has 0 amide bonds. The highest BCUT2D eigenvalue weighted by Crippen LogP contribution is 2.74. The second-order valence-corrected chi connectivity index (χ2v) is 14.2. The molecule has 0 aromatic heterocycles. The van der Waals surface area contributed by atoms with Crippen molar-refractivity contribution < 1.29 is 14.3 Å². The molecule has 0 aromatic carbocycles. The fourth-order valence-corrected chi connectivity index (χ4v) is 9.85. The first kappa shape index (κ1) is 24.3. The van der Waals surface area contributed by atoms with E-state index in [9.17, 15) is 9.59 Å². The molecule has 0 N–H and O–H groups in total. The zero-order valence-corrected chi connectivity index (χ0v) is 22.9. The maximum atomic E-state index is 14.2. The Morgan fingerprint density at radius 1 is 0.971 bits per heavy atom. The SMILES string of the molecule is COC(=O)C1(C)CCC2(C)CCC3(C)C(=CC(=O)C4C5(C)CCC(C(C)C)=C5CCC43C)C2C1. The minimum absolute atomic E-state index is 0.00255. The molecule has 34 heavy (non-hydrogen) atoms. The number of ketones is 1. The Balaban J connectivity index is 1.62. The molecule has 0 radical (unpaired) electrons. The number of allylic oxidation sites excluding steroid dienone is 4. The lowest BCUT2D eigenvalue weighted by Gasteiger charge is -2.67. The maximum Gasteiger partial charge on any atom is 0.311 e. The molecule has 7 atom stereocenters. The molecule has 0 saturated heterocycles. The van der Waals surface area contributed by atoms with Gasteiger partial charge in [0.05, 0.1) is 12.5 Å². The highest BCUT2D eigenvalue weighted by molar-refractivity contribution is 5.96. The smallest absolute Gasteiger partial charge is 0.311 e. The lowest BCUT2D eigenvalue weighted by atomic mass is 9.36. The van der Waals surface area contributed by atoms with Gasteiger partial charge < -0.3 is 4.74 Å². The summed E-state index contributed by atoms with van der Waals surface area (Å²) in [6.45, 7) is 16.5. The van der Waals surface area contributed by atoms with Gasteiger partial charge in [-0.05, 0) is 104 Å². The van der Waals surface area contributed by atoms with E-state index >= 15 is 0 Å². The molecule has 0 bridgehead atoms. The first-order chi connectivity index (χ1) is 15.8. The Labute approximate surface area is 207 Å². The van der Waals surface area contributed by atoms with Gasteiger partial charge >= 0.3 is 5.97 Å². The van der Waals surface area contributed by atoms with Crippen molar-refractivity contribution in [3.63, 3.8) is 0 Å². The topological polar surface area (TPSA) is 43.4 Å².